The van der Waals surface area contributed by atoms with Gasteiger partial charge in [0.15, 0.2) is 0 Å². The number of aliphatic carboxylic acids is 2. The second-order valence-corrected chi connectivity index (χ2v) is 7.66. The van der Waals surface area contributed by atoms with E-state index in [4.69, 9.17) is 20.0 Å². The van der Waals surface area contributed by atoms with Crippen LogP contribution in [0.1, 0.15) is 37.7 Å². The number of aryl methyl sites for hydroxylation is 1. The van der Waals surface area contributed by atoms with Gasteiger partial charge in [-0.05, 0) is 50.3 Å². The number of unbranched alkanes of at least 4 members (excludes halogenated alkanes) is 1. The van der Waals surface area contributed by atoms with Crippen molar-refractivity contribution in [2.24, 2.45) is 5.73 Å². The van der Waals surface area contributed by atoms with Crippen LogP contribution in [0.25, 0.3) is 11.0 Å². The molecular weight excluding hydrogens is 450 g/mol. The van der Waals surface area contributed by atoms with Gasteiger partial charge in [-0.2, -0.15) is 0 Å². The van der Waals surface area contributed by atoms with Crippen molar-refractivity contribution in [3.05, 3.63) is 40.2 Å². The minimum atomic E-state index is -1.24. The maximum atomic E-state index is 12.0. The van der Waals surface area contributed by atoms with E-state index in [1.54, 1.807) is 19.1 Å². The maximum absolute atomic E-state index is 12.0. The summed E-state index contributed by atoms with van der Waals surface area (Å²) in [6.45, 7) is 1.97. The number of carbonyl (C=O) groups excluding carboxylic acids is 2. The molecule has 2 aromatic rings. The number of hydrogen-bond donors (Lipinski definition) is 5. The molecule has 0 saturated carbocycles. The van der Waals surface area contributed by atoms with Gasteiger partial charge < -0.3 is 35.7 Å². The van der Waals surface area contributed by atoms with Gasteiger partial charge in [0.2, 0.25) is 5.91 Å². The van der Waals surface area contributed by atoms with Crippen LogP contribution in [0.3, 0.4) is 0 Å². The highest BCUT2D eigenvalue weighted by molar-refractivity contribution is 5.84. The number of carboxylic acid groups (broad SMARTS) is 2. The van der Waals surface area contributed by atoms with Crippen molar-refractivity contribution in [2.45, 2.75) is 51.1 Å². The summed E-state index contributed by atoms with van der Waals surface area (Å²) in [7, 11) is 0. The average Bonchev–Trinajstić information content (AvgIpc) is 2.75. The molecule has 0 bridgehead atoms. The van der Waals surface area contributed by atoms with Crippen LogP contribution < -0.4 is 26.7 Å². The number of carboxylic acids is 2. The van der Waals surface area contributed by atoms with Gasteiger partial charge in [-0.3, -0.25) is 9.59 Å². The number of carbonyl (C=O) groups is 4. The Kier molecular flexibility index (Phi) is 9.56. The SMILES string of the molecule is Cc1cc(=O)oc2cc(OC(=O)NCCCCC(NC(=O)CCC(N)C(=O)O)C(=O)O)ccc12. The molecular formula is C22H27N3O9. The highest BCUT2D eigenvalue weighted by Crippen LogP contribution is 2.22. The zero-order valence-electron chi connectivity index (χ0n) is 18.5. The second-order valence-electron chi connectivity index (χ2n) is 7.66. The van der Waals surface area contributed by atoms with Crippen molar-refractivity contribution in [2.75, 3.05) is 6.54 Å². The number of nitrogens with one attached hydrogen (secondary N) is 2. The van der Waals surface area contributed by atoms with E-state index in [9.17, 15) is 29.1 Å². The lowest BCUT2D eigenvalue weighted by atomic mass is 10.1. The summed E-state index contributed by atoms with van der Waals surface area (Å²) in [5, 5.41) is 23.6. The summed E-state index contributed by atoms with van der Waals surface area (Å²) in [5.41, 5.74) is 5.84. The largest absolute Gasteiger partial charge is 0.480 e. The third-order valence-electron chi connectivity index (χ3n) is 4.96. The lowest BCUT2D eigenvalue weighted by Gasteiger charge is -2.15. The Morgan fingerprint density at radius 3 is 2.50 bits per heavy atom. The highest BCUT2D eigenvalue weighted by atomic mass is 16.6. The molecule has 2 amide bonds. The van der Waals surface area contributed by atoms with Gasteiger partial charge in [0.1, 0.15) is 23.4 Å². The van der Waals surface area contributed by atoms with Crippen LogP contribution in [0.4, 0.5) is 4.79 Å². The van der Waals surface area contributed by atoms with Crippen molar-refractivity contribution in [3.63, 3.8) is 0 Å². The van der Waals surface area contributed by atoms with Crippen LogP contribution >= 0.6 is 0 Å². The third kappa shape index (κ3) is 8.20. The van der Waals surface area contributed by atoms with E-state index in [-0.39, 0.29) is 31.6 Å². The Labute approximate surface area is 194 Å². The first-order valence-corrected chi connectivity index (χ1v) is 10.6. The van der Waals surface area contributed by atoms with Gasteiger partial charge >= 0.3 is 23.7 Å². The molecule has 0 spiro atoms. The summed E-state index contributed by atoms with van der Waals surface area (Å²) in [6.07, 6.45) is -0.125. The van der Waals surface area contributed by atoms with E-state index < -0.39 is 41.6 Å². The third-order valence-corrected chi connectivity index (χ3v) is 4.96. The minimum Gasteiger partial charge on any atom is -0.480 e. The summed E-state index contributed by atoms with van der Waals surface area (Å²) in [6, 6.07) is 3.70. The number of ether oxygens (including phenoxy) is 1. The quantitative estimate of drug-likeness (QED) is 0.218. The summed E-state index contributed by atoms with van der Waals surface area (Å²) in [4.78, 5) is 57.3. The topological polar surface area (TPSA) is 198 Å². The van der Waals surface area contributed by atoms with Crippen molar-refractivity contribution in [1.82, 2.24) is 10.6 Å². The molecule has 1 aromatic carbocycles. The Morgan fingerprint density at radius 2 is 1.82 bits per heavy atom. The molecule has 34 heavy (non-hydrogen) atoms. The Balaban J connectivity index is 1.73. The first-order chi connectivity index (χ1) is 16.1. The molecule has 2 atom stereocenters. The molecule has 1 aromatic heterocycles. The molecule has 0 aliphatic carbocycles. The average molecular weight is 477 g/mol. The van der Waals surface area contributed by atoms with Gasteiger partial charge in [0, 0.05) is 30.5 Å². The van der Waals surface area contributed by atoms with Gasteiger partial charge in [-0.15, -0.1) is 0 Å². The van der Waals surface area contributed by atoms with Crippen LogP contribution in [0.15, 0.2) is 33.5 Å². The highest BCUT2D eigenvalue weighted by Gasteiger charge is 2.21. The maximum Gasteiger partial charge on any atom is 0.412 e. The molecule has 0 saturated heterocycles. The van der Waals surface area contributed by atoms with E-state index in [0.717, 1.165) is 10.9 Å². The summed E-state index contributed by atoms with van der Waals surface area (Å²) in [5.74, 6) is -2.88. The van der Waals surface area contributed by atoms with Crippen molar-refractivity contribution < 1.29 is 38.5 Å². The molecule has 184 valence electrons. The fourth-order valence-electron chi connectivity index (χ4n) is 3.11. The van der Waals surface area contributed by atoms with Crippen LogP contribution in [-0.4, -0.2) is 52.8 Å². The molecule has 0 aliphatic rings. The number of fused-ring (bicyclic) bond motifs is 1. The molecule has 0 fully saturated rings. The fourth-order valence-corrected chi connectivity index (χ4v) is 3.11. The molecule has 6 N–H and O–H groups in total. The Hall–Kier alpha value is -3.93. The first-order valence-electron chi connectivity index (χ1n) is 10.6. The van der Waals surface area contributed by atoms with Crippen LogP contribution in [0, 0.1) is 6.92 Å². The van der Waals surface area contributed by atoms with E-state index in [2.05, 4.69) is 10.6 Å². The van der Waals surface area contributed by atoms with Crippen molar-refractivity contribution in [1.29, 1.82) is 0 Å². The summed E-state index contributed by atoms with van der Waals surface area (Å²) >= 11 is 0. The van der Waals surface area contributed by atoms with E-state index in [1.807, 2.05) is 0 Å². The van der Waals surface area contributed by atoms with Crippen molar-refractivity contribution in [3.8, 4) is 5.75 Å². The monoisotopic (exact) mass is 477 g/mol. The van der Waals surface area contributed by atoms with Crippen LogP contribution in [0.2, 0.25) is 0 Å². The molecule has 12 heteroatoms. The minimum absolute atomic E-state index is 0.109. The van der Waals surface area contributed by atoms with Gasteiger partial charge in [-0.1, -0.05) is 0 Å². The Bertz CT molecular complexity index is 1110. The first kappa shape index (κ1) is 26.3. The number of nitrogens with two attached hydrogens (primary N) is 1. The van der Waals surface area contributed by atoms with E-state index in [0.29, 0.717) is 18.4 Å². The lowest BCUT2D eigenvalue weighted by molar-refractivity contribution is -0.142. The zero-order chi connectivity index (χ0) is 25.3. The smallest absolute Gasteiger partial charge is 0.412 e. The summed E-state index contributed by atoms with van der Waals surface area (Å²) < 4.78 is 10.3. The van der Waals surface area contributed by atoms with Crippen LogP contribution in [0.5, 0.6) is 5.75 Å². The zero-order valence-corrected chi connectivity index (χ0v) is 18.5. The number of benzene rings is 1. The van der Waals surface area contributed by atoms with E-state index >= 15 is 0 Å². The molecule has 1 heterocycles. The van der Waals surface area contributed by atoms with Crippen LogP contribution in [-0.2, 0) is 14.4 Å². The normalized spacial score (nSPS) is 12.5. The van der Waals surface area contributed by atoms with Gasteiger partial charge in [0.25, 0.3) is 0 Å². The molecule has 0 aliphatic heterocycles. The lowest BCUT2D eigenvalue weighted by Crippen LogP contribution is -2.41. The molecule has 0 radical (unpaired) electrons. The van der Waals surface area contributed by atoms with Crippen molar-refractivity contribution >= 4 is 34.9 Å². The molecule has 12 nitrogen and oxygen atoms in total. The predicted molar refractivity (Wildman–Crippen MR) is 120 cm³/mol. The molecule has 2 rings (SSSR count). The number of hydrogen-bond acceptors (Lipinski definition) is 8. The van der Waals surface area contributed by atoms with Gasteiger partial charge in [-0.25, -0.2) is 14.4 Å². The number of amides is 2. The van der Waals surface area contributed by atoms with E-state index in [1.165, 1.54) is 12.1 Å². The fraction of sp³-hybridized carbons (Fsp3) is 0.409. The van der Waals surface area contributed by atoms with Gasteiger partial charge in [0.05, 0.1) is 0 Å². The molecule has 2 unspecified atom stereocenters. The number of rotatable bonds is 12. The predicted octanol–water partition coefficient (Wildman–Crippen LogP) is 1.12. The second kappa shape index (κ2) is 12.3. The standard InChI is InChI=1S/C22H27N3O9/c1-12-10-19(27)34-17-11-13(5-6-14(12)17)33-22(32)24-9-3-2-4-16(21(30)31)25-18(26)8-7-15(23)20(28)29/h5-6,10-11,15-16H,2-4,7-9,23H2,1H3,(H,24,32)(H,25,26)(H,28,29)(H,30,31). The Morgan fingerprint density at radius 1 is 1.09 bits per heavy atom.